The van der Waals surface area contributed by atoms with Gasteiger partial charge in [-0.15, -0.1) is 11.3 Å². The number of carbonyl (C=O) groups is 2. The molecule has 5 nitrogen and oxygen atoms in total. The van der Waals surface area contributed by atoms with E-state index in [1.54, 1.807) is 11.6 Å². The third kappa shape index (κ3) is 4.19. The van der Waals surface area contributed by atoms with E-state index in [0.29, 0.717) is 11.1 Å². The monoisotopic (exact) mass is 323 g/mol. The fourth-order valence-corrected chi connectivity index (χ4v) is 2.10. The van der Waals surface area contributed by atoms with Crippen LogP contribution in [-0.2, 0) is 9.59 Å². The molecule has 2 amide bonds. The van der Waals surface area contributed by atoms with Gasteiger partial charge in [-0.05, 0) is 12.1 Å². The summed E-state index contributed by atoms with van der Waals surface area (Å²) in [5.74, 6) is -2.98. The molecule has 1 aromatic carbocycles. The van der Waals surface area contributed by atoms with E-state index < -0.39 is 23.4 Å². The van der Waals surface area contributed by atoms with Crippen LogP contribution in [0, 0.1) is 11.6 Å². The molecular weight excluding hydrogens is 312 g/mol. The second-order valence-corrected chi connectivity index (χ2v) is 5.11. The number of hydrogen-bond donors (Lipinski definition) is 2. The van der Waals surface area contributed by atoms with Crippen molar-refractivity contribution in [3.05, 3.63) is 46.4 Å². The standard InChI is InChI=1S/C14H11F2N3O2S/c1-8(20)18-11-7-12(10(16)6-9(11)15)19-13(21)2-3-14-17-4-5-22-14/h2-7H,1H3,(H,18,20)(H,19,21)/b3-2+. The predicted molar refractivity (Wildman–Crippen MR) is 80.4 cm³/mol. The van der Waals surface area contributed by atoms with E-state index in [9.17, 15) is 18.4 Å². The van der Waals surface area contributed by atoms with E-state index in [1.807, 2.05) is 0 Å². The van der Waals surface area contributed by atoms with Gasteiger partial charge in [0.1, 0.15) is 16.6 Å². The van der Waals surface area contributed by atoms with Crippen LogP contribution in [0.4, 0.5) is 20.2 Å². The smallest absolute Gasteiger partial charge is 0.248 e. The van der Waals surface area contributed by atoms with Crippen molar-refractivity contribution in [1.82, 2.24) is 4.98 Å². The zero-order valence-electron chi connectivity index (χ0n) is 11.4. The molecule has 0 saturated carbocycles. The van der Waals surface area contributed by atoms with Crippen molar-refractivity contribution < 1.29 is 18.4 Å². The summed E-state index contributed by atoms with van der Waals surface area (Å²) >= 11 is 1.34. The van der Waals surface area contributed by atoms with Gasteiger partial charge in [-0.1, -0.05) is 0 Å². The van der Waals surface area contributed by atoms with Gasteiger partial charge in [-0.25, -0.2) is 13.8 Å². The molecule has 0 spiro atoms. The number of rotatable bonds is 4. The first-order chi connectivity index (χ1) is 10.5. The molecule has 0 bridgehead atoms. The zero-order chi connectivity index (χ0) is 16.1. The molecule has 1 heterocycles. The highest BCUT2D eigenvalue weighted by atomic mass is 32.1. The van der Waals surface area contributed by atoms with Crippen molar-refractivity contribution in [3.8, 4) is 0 Å². The first kappa shape index (κ1) is 15.8. The quantitative estimate of drug-likeness (QED) is 0.850. The molecular formula is C14H11F2N3O2S. The zero-order valence-corrected chi connectivity index (χ0v) is 12.2. The number of amides is 2. The van der Waals surface area contributed by atoms with Crippen molar-refractivity contribution in [2.75, 3.05) is 10.6 Å². The summed E-state index contributed by atoms with van der Waals surface area (Å²) in [6, 6.07) is 1.60. The van der Waals surface area contributed by atoms with E-state index in [0.717, 1.165) is 6.07 Å². The van der Waals surface area contributed by atoms with Crippen LogP contribution in [0.2, 0.25) is 0 Å². The van der Waals surface area contributed by atoms with Crippen LogP contribution in [0.15, 0.2) is 29.8 Å². The van der Waals surface area contributed by atoms with Gasteiger partial charge in [0, 0.05) is 30.6 Å². The number of thiazole rings is 1. The topological polar surface area (TPSA) is 71.1 Å². The van der Waals surface area contributed by atoms with Gasteiger partial charge >= 0.3 is 0 Å². The molecule has 0 radical (unpaired) electrons. The van der Waals surface area contributed by atoms with E-state index in [1.165, 1.54) is 30.4 Å². The Morgan fingerprint density at radius 3 is 2.45 bits per heavy atom. The average Bonchev–Trinajstić information content (AvgIpc) is 2.94. The Hall–Kier alpha value is -2.61. The second kappa shape index (κ2) is 6.90. The summed E-state index contributed by atoms with van der Waals surface area (Å²) in [4.78, 5) is 26.6. The third-order valence-corrected chi connectivity index (χ3v) is 3.19. The largest absolute Gasteiger partial charge is 0.324 e. The number of aromatic nitrogens is 1. The molecule has 2 aromatic rings. The minimum Gasteiger partial charge on any atom is -0.324 e. The molecule has 8 heteroatoms. The third-order valence-electron chi connectivity index (χ3n) is 2.45. The maximum absolute atomic E-state index is 13.6. The van der Waals surface area contributed by atoms with E-state index >= 15 is 0 Å². The Morgan fingerprint density at radius 2 is 1.86 bits per heavy atom. The summed E-state index contributed by atoms with van der Waals surface area (Å²) in [5, 5.41) is 6.85. The molecule has 114 valence electrons. The lowest BCUT2D eigenvalue weighted by Gasteiger charge is -2.09. The molecule has 0 aliphatic carbocycles. The Bertz CT molecular complexity index is 730. The van der Waals surface area contributed by atoms with Gasteiger partial charge in [0.25, 0.3) is 0 Å². The van der Waals surface area contributed by atoms with Gasteiger partial charge in [-0.3, -0.25) is 9.59 Å². The lowest BCUT2D eigenvalue weighted by molar-refractivity contribution is -0.114. The molecule has 0 saturated heterocycles. The summed E-state index contributed by atoms with van der Waals surface area (Å²) < 4.78 is 27.1. The number of nitrogens with one attached hydrogen (secondary N) is 2. The summed E-state index contributed by atoms with van der Waals surface area (Å²) in [6.45, 7) is 1.19. The van der Waals surface area contributed by atoms with Crippen molar-refractivity contribution >= 4 is 40.6 Å². The number of carbonyl (C=O) groups excluding carboxylic acids is 2. The fourth-order valence-electron chi connectivity index (χ4n) is 1.57. The highest BCUT2D eigenvalue weighted by Gasteiger charge is 2.12. The van der Waals surface area contributed by atoms with Crippen LogP contribution in [0.1, 0.15) is 11.9 Å². The van der Waals surface area contributed by atoms with Crippen LogP contribution >= 0.6 is 11.3 Å². The number of benzene rings is 1. The maximum Gasteiger partial charge on any atom is 0.248 e. The van der Waals surface area contributed by atoms with Crippen LogP contribution in [0.25, 0.3) is 6.08 Å². The van der Waals surface area contributed by atoms with Gasteiger partial charge in [-0.2, -0.15) is 0 Å². The molecule has 0 aliphatic rings. The molecule has 0 atom stereocenters. The Balaban J connectivity index is 2.14. The number of anilines is 2. The van der Waals surface area contributed by atoms with Crippen LogP contribution in [0.5, 0.6) is 0 Å². The molecule has 2 N–H and O–H groups in total. The van der Waals surface area contributed by atoms with Gasteiger partial charge in [0.05, 0.1) is 11.4 Å². The molecule has 2 rings (SSSR count). The minimum atomic E-state index is -0.942. The van der Waals surface area contributed by atoms with Crippen molar-refractivity contribution in [3.63, 3.8) is 0 Å². The number of hydrogen-bond acceptors (Lipinski definition) is 4. The highest BCUT2D eigenvalue weighted by Crippen LogP contribution is 2.23. The molecule has 22 heavy (non-hydrogen) atoms. The minimum absolute atomic E-state index is 0.215. The van der Waals surface area contributed by atoms with Crippen LogP contribution in [0.3, 0.4) is 0 Å². The Kier molecular flexibility index (Phi) is 4.95. The van der Waals surface area contributed by atoms with Gasteiger partial charge < -0.3 is 10.6 Å². The first-order valence-corrected chi connectivity index (χ1v) is 6.99. The van der Waals surface area contributed by atoms with E-state index in [4.69, 9.17) is 0 Å². The van der Waals surface area contributed by atoms with Crippen LogP contribution in [-0.4, -0.2) is 16.8 Å². The Labute approximate surface area is 128 Å². The average molecular weight is 323 g/mol. The second-order valence-electron chi connectivity index (χ2n) is 4.19. The normalized spacial score (nSPS) is 10.7. The lowest BCUT2D eigenvalue weighted by Crippen LogP contribution is -2.12. The number of nitrogens with zero attached hydrogens (tertiary/aromatic N) is 1. The highest BCUT2D eigenvalue weighted by molar-refractivity contribution is 7.10. The fraction of sp³-hybridized carbons (Fsp3) is 0.0714. The van der Waals surface area contributed by atoms with E-state index in [2.05, 4.69) is 15.6 Å². The molecule has 1 aromatic heterocycles. The van der Waals surface area contributed by atoms with Crippen molar-refractivity contribution in [2.24, 2.45) is 0 Å². The van der Waals surface area contributed by atoms with E-state index in [-0.39, 0.29) is 11.4 Å². The van der Waals surface area contributed by atoms with Gasteiger partial charge in [0.15, 0.2) is 0 Å². The summed E-state index contributed by atoms with van der Waals surface area (Å²) in [5.41, 5.74) is -0.452. The van der Waals surface area contributed by atoms with Gasteiger partial charge in [0.2, 0.25) is 11.8 Å². The molecule has 0 fully saturated rings. The number of halogens is 2. The SMILES string of the molecule is CC(=O)Nc1cc(NC(=O)/C=C/c2nccs2)c(F)cc1F. The first-order valence-electron chi connectivity index (χ1n) is 6.11. The Morgan fingerprint density at radius 1 is 1.18 bits per heavy atom. The summed E-state index contributed by atoms with van der Waals surface area (Å²) in [6.07, 6.45) is 4.23. The predicted octanol–water partition coefficient (Wildman–Crippen LogP) is 3.03. The molecule has 0 unspecified atom stereocenters. The molecule has 0 aliphatic heterocycles. The van der Waals surface area contributed by atoms with Crippen molar-refractivity contribution in [2.45, 2.75) is 6.92 Å². The summed E-state index contributed by atoms with van der Waals surface area (Å²) in [7, 11) is 0. The van der Waals surface area contributed by atoms with Crippen LogP contribution < -0.4 is 10.6 Å². The lowest BCUT2D eigenvalue weighted by atomic mass is 10.2. The van der Waals surface area contributed by atoms with Crippen molar-refractivity contribution in [1.29, 1.82) is 0 Å². The maximum atomic E-state index is 13.6.